The molecule has 0 radical (unpaired) electrons. The van der Waals surface area contributed by atoms with Crippen LogP contribution in [0.2, 0.25) is 0 Å². The number of aryl methyl sites for hydroxylation is 1. The molecule has 2 rings (SSSR count). The Morgan fingerprint density at radius 3 is 2.48 bits per heavy atom. The monoisotopic (exact) mass is 311 g/mol. The number of nitrogens with one attached hydrogen (secondary N) is 1. The van der Waals surface area contributed by atoms with Crippen molar-refractivity contribution in [1.29, 1.82) is 0 Å². The SMILES string of the molecule is CNc1c(F)cc(C(=O)N(C)Cc2csc(C)n2)cc1F. The highest BCUT2D eigenvalue weighted by molar-refractivity contribution is 7.09. The first-order valence-corrected chi connectivity index (χ1v) is 7.13. The highest BCUT2D eigenvalue weighted by Crippen LogP contribution is 2.21. The standard InChI is InChI=1S/C14H15F2N3OS/c1-8-18-10(7-21-8)6-19(3)14(20)9-4-11(15)13(17-2)12(16)5-9/h4-5,7,17H,6H2,1-3H3. The van der Waals surface area contributed by atoms with Crippen LogP contribution in [0, 0.1) is 18.6 Å². The van der Waals surface area contributed by atoms with Gasteiger partial charge in [0, 0.05) is 25.0 Å². The number of rotatable bonds is 4. The van der Waals surface area contributed by atoms with Crippen LogP contribution in [0.3, 0.4) is 0 Å². The Bertz CT molecular complexity index is 649. The van der Waals surface area contributed by atoms with Gasteiger partial charge in [-0.3, -0.25) is 4.79 Å². The van der Waals surface area contributed by atoms with Gasteiger partial charge in [0.2, 0.25) is 0 Å². The van der Waals surface area contributed by atoms with Crippen molar-refractivity contribution >= 4 is 22.9 Å². The van der Waals surface area contributed by atoms with Crippen molar-refractivity contribution in [2.45, 2.75) is 13.5 Å². The number of benzene rings is 1. The lowest BCUT2D eigenvalue weighted by Crippen LogP contribution is -2.26. The van der Waals surface area contributed by atoms with Crippen LogP contribution in [-0.4, -0.2) is 29.9 Å². The Morgan fingerprint density at radius 1 is 1.38 bits per heavy atom. The fourth-order valence-electron chi connectivity index (χ4n) is 1.95. The number of halogens is 2. The van der Waals surface area contributed by atoms with Crippen LogP contribution < -0.4 is 5.32 Å². The smallest absolute Gasteiger partial charge is 0.254 e. The van der Waals surface area contributed by atoms with Gasteiger partial charge in [-0.2, -0.15) is 0 Å². The van der Waals surface area contributed by atoms with Crippen LogP contribution in [0.15, 0.2) is 17.5 Å². The van der Waals surface area contributed by atoms with Gasteiger partial charge in [0.1, 0.15) is 17.3 Å². The van der Waals surface area contributed by atoms with Crippen LogP contribution in [0.25, 0.3) is 0 Å². The van der Waals surface area contributed by atoms with E-state index in [0.29, 0.717) is 6.54 Å². The molecule has 1 aromatic heterocycles. The molecule has 1 N–H and O–H groups in total. The second-order valence-corrected chi connectivity index (χ2v) is 5.65. The number of carbonyl (C=O) groups is 1. The van der Waals surface area contributed by atoms with Crippen molar-refractivity contribution in [2.75, 3.05) is 19.4 Å². The summed E-state index contributed by atoms with van der Waals surface area (Å²) < 4.78 is 27.4. The largest absolute Gasteiger partial charge is 0.383 e. The summed E-state index contributed by atoms with van der Waals surface area (Å²) in [5.41, 5.74) is 0.476. The summed E-state index contributed by atoms with van der Waals surface area (Å²) in [5, 5.41) is 5.17. The van der Waals surface area contributed by atoms with Gasteiger partial charge in [-0.1, -0.05) is 0 Å². The third-order valence-electron chi connectivity index (χ3n) is 2.95. The van der Waals surface area contributed by atoms with Crippen molar-refractivity contribution in [3.8, 4) is 0 Å². The molecule has 4 nitrogen and oxygen atoms in total. The normalized spacial score (nSPS) is 10.5. The molecule has 112 valence electrons. The molecule has 1 amide bonds. The van der Waals surface area contributed by atoms with Crippen LogP contribution >= 0.6 is 11.3 Å². The lowest BCUT2D eigenvalue weighted by atomic mass is 10.1. The number of hydrogen-bond donors (Lipinski definition) is 1. The zero-order chi connectivity index (χ0) is 15.6. The van der Waals surface area contributed by atoms with Gasteiger partial charge in [0.05, 0.1) is 17.2 Å². The molecular formula is C14H15F2N3OS. The molecule has 0 saturated heterocycles. The van der Waals surface area contributed by atoms with E-state index in [1.165, 1.54) is 23.3 Å². The van der Waals surface area contributed by atoms with E-state index < -0.39 is 17.5 Å². The minimum absolute atomic E-state index is 0.0292. The molecule has 0 unspecified atom stereocenters. The highest BCUT2D eigenvalue weighted by atomic mass is 32.1. The summed E-state index contributed by atoms with van der Waals surface area (Å²) >= 11 is 1.49. The van der Waals surface area contributed by atoms with E-state index in [9.17, 15) is 13.6 Å². The van der Waals surface area contributed by atoms with Gasteiger partial charge in [-0.15, -0.1) is 11.3 Å². The maximum Gasteiger partial charge on any atom is 0.254 e. The predicted octanol–water partition coefficient (Wildman–Crippen LogP) is 3.04. The third kappa shape index (κ3) is 3.36. The molecule has 0 saturated carbocycles. The third-order valence-corrected chi connectivity index (χ3v) is 3.77. The summed E-state index contributed by atoms with van der Waals surface area (Å²) in [6.07, 6.45) is 0. The first-order valence-electron chi connectivity index (χ1n) is 6.25. The number of hydrogen-bond acceptors (Lipinski definition) is 4. The summed E-state index contributed by atoms with van der Waals surface area (Å²) in [6.45, 7) is 2.16. The lowest BCUT2D eigenvalue weighted by molar-refractivity contribution is 0.0782. The first-order chi connectivity index (χ1) is 9.92. The van der Waals surface area contributed by atoms with E-state index in [-0.39, 0.29) is 11.3 Å². The molecule has 0 spiro atoms. The molecule has 0 atom stereocenters. The molecule has 7 heteroatoms. The van der Waals surface area contributed by atoms with Crippen molar-refractivity contribution in [3.63, 3.8) is 0 Å². The van der Waals surface area contributed by atoms with E-state index in [2.05, 4.69) is 10.3 Å². The molecule has 2 aromatic rings. The van der Waals surface area contributed by atoms with E-state index >= 15 is 0 Å². The quantitative estimate of drug-likeness (QED) is 0.944. The van der Waals surface area contributed by atoms with Gasteiger partial charge in [-0.25, -0.2) is 13.8 Å². The fraction of sp³-hybridized carbons (Fsp3) is 0.286. The van der Waals surface area contributed by atoms with E-state index in [0.717, 1.165) is 22.8 Å². The van der Waals surface area contributed by atoms with Gasteiger partial charge >= 0.3 is 0 Å². The van der Waals surface area contributed by atoms with E-state index in [1.54, 1.807) is 7.05 Å². The van der Waals surface area contributed by atoms with Gasteiger partial charge < -0.3 is 10.2 Å². The second kappa shape index (κ2) is 6.17. The van der Waals surface area contributed by atoms with Crippen molar-refractivity contribution in [2.24, 2.45) is 0 Å². The lowest BCUT2D eigenvalue weighted by Gasteiger charge is -2.16. The predicted molar refractivity (Wildman–Crippen MR) is 78.6 cm³/mol. The maximum absolute atomic E-state index is 13.7. The molecule has 1 aromatic carbocycles. The molecule has 0 bridgehead atoms. The Balaban J connectivity index is 2.19. The Hall–Kier alpha value is -2.02. The first kappa shape index (κ1) is 15.4. The molecular weight excluding hydrogens is 296 g/mol. The highest BCUT2D eigenvalue weighted by Gasteiger charge is 2.18. The van der Waals surface area contributed by atoms with Crippen LogP contribution in [0.4, 0.5) is 14.5 Å². The van der Waals surface area contributed by atoms with E-state index in [4.69, 9.17) is 0 Å². The zero-order valence-electron chi connectivity index (χ0n) is 11.9. The molecule has 1 heterocycles. The number of nitrogens with zero attached hydrogens (tertiary/aromatic N) is 2. The van der Waals surface area contributed by atoms with Crippen molar-refractivity contribution in [1.82, 2.24) is 9.88 Å². The molecule has 21 heavy (non-hydrogen) atoms. The van der Waals surface area contributed by atoms with Gasteiger partial charge in [0.15, 0.2) is 0 Å². The summed E-state index contributed by atoms with van der Waals surface area (Å²) in [6, 6.07) is 2.06. The zero-order valence-corrected chi connectivity index (χ0v) is 12.7. The average molecular weight is 311 g/mol. The second-order valence-electron chi connectivity index (χ2n) is 4.58. The Kier molecular flexibility index (Phi) is 4.52. The molecule has 0 aliphatic heterocycles. The molecule has 0 fully saturated rings. The fourth-order valence-corrected chi connectivity index (χ4v) is 2.56. The summed E-state index contributed by atoms with van der Waals surface area (Å²) in [7, 11) is 2.98. The summed E-state index contributed by atoms with van der Waals surface area (Å²) in [4.78, 5) is 17.8. The number of aromatic nitrogens is 1. The van der Waals surface area contributed by atoms with E-state index in [1.807, 2.05) is 12.3 Å². The van der Waals surface area contributed by atoms with Crippen LogP contribution in [-0.2, 0) is 6.54 Å². The van der Waals surface area contributed by atoms with Gasteiger partial charge in [0.25, 0.3) is 5.91 Å². The van der Waals surface area contributed by atoms with Crippen molar-refractivity contribution < 1.29 is 13.6 Å². The van der Waals surface area contributed by atoms with Crippen LogP contribution in [0.1, 0.15) is 21.1 Å². The topological polar surface area (TPSA) is 45.2 Å². The minimum atomic E-state index is -0.793. The number of amides is 1. The summed E-state index contributed by atoms with van der Waals surface area (Å²) in [5.74, 6) is -2.04. The number of thiazole rings is 1. The number of anilines is 1. The maximum atomic E-state index is 13.7. The average Bonchev–Trinajstić information content (AvgIpc) is 2.82. The van der Waals surface area contributed by atoms with Crippen molar-refractivity contribution in [3.05, 3.63) is 45.4 Å². The Morgan fingerprint density at radius 2 is 2.00 bits per heavy atom. The number of carbonyl (C=O) groups excluding carboxylic acids is 1. The minimum Gasteiger partial charge on any atom is -0.383 e. The molecule has 0 aliphatic carbocycles. The van der Waals surface area contributed by atoms with Gasteiger partial charge in [-0.05, 0) is 19.1 Å². The Labute approximate surface area is 125 Å². The molecule has 0 aliphatic rings. The van der Waals surface area contributed by atoms with Crippen LogP contribution in [0.5, 0.6) is 0 Å².